The van der Waals surface area contributed by atoms with E-state index in [2.05, 4.69) is 15.0 Å². The number of ketones is 1. The highest BCUT2D eigenvalue weighted by atomic mass is 16.6. The third-order valence-corrected chi connectivity index (χ3v) is 4.68. The summed E-state index contributed by atoms with van der Waals surface area (Å²) < 4.78 is 5.24. The fraction of sp³-hybridized carbons (Fsp3) is 0.471. The van der Waals surface area contributed by atoms with E-state index in [0.717, 1.165) is 0 Å². The monoisotopic (exact) mass is 359 g/mol. The lowest BCUT2D eigenvalue weighted by Gasteiger charge is -2.37. The van der Waals surface area contributed by atoms with Gasteiger partial charge < -0.3 is 9.42 Å². The number of nitro groups is 1. The minimum absolute atomic E-state index is 0.00609. The van der Waals surface area contributed by atoms with Gasteiger partial charge in [0.2, 0.25) is 5.89 Å². The number of benzene rings is 1. The quantitative estimate of drug-likeness (QED) is 0.455. The van der Waals surface area contributed by atoms with Crippen LogP contribution in [-0.4, -0.2) is 51.9 Å². The number of aryl methyl sites for hydroxylation is 1. The summed E-state index contributed by atoms with van der Waals surface area (Å²) >= 11 is 0. The highest BCUT2D eigenvalue weighted by molar-refractivity contribution is 5.95. The van der Waals surface area contributed by atoms with E-state index in [1.807, 2.05) is 11.8 Å². The van der Waals surface area contributed by atoms with Gasteiger partial charge in [-0.25, -0.2) is 0 Å². The normalized spacial score (nSPS) is 16.5. The van der Waals surface area contributed by atoms with Crippen molar-refractivity contribution >= 4 is 17.2 Å². The number of nitro benzene ring substituents is 1. The van der Waals surface area contributed by atoms with Crippen molar-refractivity contribution < 1.29 is 14.2 Å². The first-order valence-corrected chi connectivity index (χ1v) is 8.45. The Labute approximate surface area is 150 Å². The molecule has 1 aliphatic rings. The predicted octanol–water partition coefficient (Wildman–Crippen LogP) is 2.37. The molecule has 0 bridgehead atoms. The molecule has 1 aromatic carbocycles. The van der Waals surface area contributed by atoms with Crippen molar-refractivity contribution in [2.75, 3.05) is 31.1 Å². The largest absolute Gasteiger partial charge is 0.363 e. The number of anilines is 1. The molecule has 0 radical (unpaired) electrons. The molecule has 1 aliphatic heterocycles. The van der Waals surface area contributed by atoms with E-state index in [1.54, 1.807) is 19.1 Å². The van der Waals surface area contributed by atoms with Crippen LogP contribution in [0.5, 0.6) is 0 Å². The first-order valence-electron chi connectivity index (χ1n) is 8.45. The summed E-state index contributed by atoms with van der Waals surface area (Å²) in [5.74, 6) is 0.993. The van der Waals surface area contributed by atoms with Crippen LogP contribution in [0, 0.1) is 17.0 Å². The van der Waals surface area contributed by atoms with Crippen molar-refractivity contribution in [3.63, 3.8) is 0 Å². The maximum Gasteiger partial charge on any atom is 0.293 e. The van der Waals surface area contributed by atoms with Crippen molar-refractivity contribution in [3.05, 3.63) is 45.6 Å². The molecular formula is C17H21N5O4. The second-order valence-corrected chi connectivity index (χ2v) is 6.40. The average Bonchev–Trinajstić information content (AvgIpc) is 3.07. The van der Waals surface area contributed by atoms with E-state index < -0.39 is 4.92 Å². The molecule has 1 atom stereocenters. The molecule has 0 saturated carbocycles. The first kappa shape index (κ1) is 18.0. The summed E-state index contributed by atoms with van der Waals surface area (Å²) in [5.41, 5.74) is 0.854. The third kappa shape index (κ3) is 3.57. The summed E-state index contributed by atoms with van der Waals surface area (Å²) in [6.45, 7) is 7.89. The molecule has 0 aliphatic carbocycles. The van der Waals surface area contributed by atoms with Crippen molar-refractivity contribution in [3.8, 4) is 0 Å². The molecule has 138 valence electrons. The van der Waals surface area contributed by atoms with Crippen LogP contribution >= 0.6 is 0 Å². The van der Waals surface area contributed by atoms with E-state index in [4.69, 9.17) is 4.52 Å². The van der Waals surface area contributed by atoms with Crippen molar-refractivity contribution in [1.29, 1.82) is 0 Å². The van der Waals surface area contributed by atoms with Gasteiger partial charge in [0.05, 0.1) is 11.0 Å². The lowest BCUT2D eigenvalue weighted by atomic mass is 10.1. The summed E-state index contributed by atoms with van der Waals surface area (Å²) in [7, 11) is 0. The molecular weight excluding hydrogens is 338 g/mol. The Hall–Kier alpha value is -2.81. The van der Waals surface area contributed by atoms with E-state index >= 15 is 0 Å². The fourth-order valence-electron chi connectivity index (χ4n) is 3.15. The van der Waals surface area contributed by atoms with Crippen LogP contribution < -0.4 is 4.90 Å². The van der Waals surface area contributed by atoms with Crippen LogP contribution in [0.2, 0.25) is 0 Å². The lowest BCUT2D eigenvalue weighted by molar-refractivity contribution is -0.384. The SMILES string of the molecule is CC(=O)c1ccc(N2CCN(C(C)c3nc(C)no3)CC2)c([N+](=O)[O-])c1. The van der Waals surface area contributed by atoms with Crippen LogP contribution in [-0.2, 0) is 0 Å². The number of hydrogen-bond donors (Lipinski definition) is 0. The Bertz CT molecular complexity index is 826. The van der Waals surface area contributed by atoms with Gasteiger partial charge >= 0.3 is 0 Å². The predicted molar refractivity (Wildman–Crippen MR) is 94.3 cm³/mol. The van der Waals surface area contributed by atoms with E-state index in [0.29, 0.717) is 49.1 Å². The molecule has 9 nitrogen and oxygen atoms in total. The molecule has 2 aromatic rings. The van der Waals surface area contributed by atoms with Crippen LogP contribution in [0.25, 0.3) is 0 Å². The summed E-state index contributed by atoms with van der Waals surface area (Å²) in [4.78, 5) is 31.0. The molecule has 2 heterocycles. The maximum absolute atomic E-state index is 11.5. The number of Topliss-reactive ketones (excluding diaryl/α,β-unsaturated/α-hetero) is 1. The minimum atomic E-state index is -0.433. The number of rotatable bonds is 5. The van der Waals surface area contributed by atoms with Gasteiger partial charge in [0.1, 0.15) is 5.69 Å². The highest BCUT2D eigenvalue weighted by Crippen LogP contribution is 2.31. The van der Waals surface area contributed by atoms with Gasteiger partial charge in [-0.2, -0.15) is 4.98 Å². The Kier molecular flexibility index (Phi) is 4.99. The molecule has 1 saturated heterocycles. The second-order valence-electron chi connectivity index (χ2n) is 6.40. The fourth-order valence-corrected chi connectivity index (χ4v) is 3.15. The lowest BCUT2D eigenvalue weighted by Crippen LogP contribution is -2.47. The summed E-state index contributed by atoms with van der Waals surface area (Å²) in [6.07, 6.45) is 0. The van der Waals surface area contributed by atoms with Gasteiger partial charge in [-0.1, -0.05) is 5.16 Å². The van der Waals surface area contributed by atoms with Crippen LogP contribution in [0.4, 0.5) is 11.4 Å². The van der Waals surface area contributed by atoms with E-state index in [9.17, 15) is 14.9 Å². The van der Waals surface area contributed by atoms with Gasteiger partial charge in [0, 0.05) is 37.8 Å². The van der Waals surface area contributed by atoms with Gasteiger partial charge in [-0.15, -0.1) is 0 Å². The third-order valence-electron chi connectivity index (χ3n) is 4.68. The Morgan fingerprint density at radius 2 is 2.00 bits per heavy atom. The molecule has 26 heavy (non-hydrogen) atoms. The molecule has 0 spiro atoms. The molecule has 0 N–H and O–H groups in total. The summed E-state index contributed by atoms with van der Waals surface area (Å²) in [5, 5.41) is 15.3. The Morgan fingerprint density at radius 1 is 1.31 bits per heavy atom. The number of aromatic nitrogens is 2. The van der Waals surface area contributed by atoms with Gasteiger partial charge in [0.25, 0.3) is 5.69 Å². The molecule has 0 amide bonds. The van der Waals surface area contributed by atoms with E-state index in [1.165, 1.54) is 13.0 Å². The van der Waals surface area contributed by atoms with Gasteiger partial charge in [0.15, 0.2) is 11.6 Å². The van der Waals surface area contributed by atoms with Crippen molar-refractivity contribution in [2.45, 2.75) is 26.8 Å². The molecule has 1 fully saturated rings. The minimum Gasteiger partial charge on any atom is -0.363 e. The molecule has 1 unspecified atom stereocenters. The van der Waals surface area contributed by atoms with Crippen LogP contribution in [0.1, 0.15) is 42.0 Å². The summed E-state index contributed by atoms with van der Waals surface area (Å²) in [6, 6.07) is 4.65. The number of nitrogens with zero attached hydrogens (tertiary/aromatic N) is 5. The zero-order valence-electron chi connectivity index (χ0n) is 15.0. The Morgan fingerprint density at radius 3 is 2.54 bits per heavy atom. The van der Waals surface area contributed by atoms with Gasteiger partial charge in [-0.3, -0.25) is 19.8 Å². The number of piperazine rings is 1. The van der Waals surface area contributed by atoms with E-state index in [-0.39, 0.29) is 17.5 Å². The second kappa shape index (κ2) is 7.20. The smallest absolute Gasteiger partial charge is 0.293 e. The zero-order valence-corrected chi connectivity index (χ0v) is 15.0. The van der Waals surface area contributed by atoms with Crippen LogP contribution in [0.15, 0.2) is 22.7 Å². The first-order chi connectivity index (χ1) is 12.4. The zero-order chi connectivity index (χ0) is 18.8. The number of carbonyl (C=O) groups is 1. The standard InChI is InChI=1S/C17H21N5O4/c1-11(17-18-13(3)19-26-17)20-6-8-21(9-7-20)15-5-4-14(12(2)23)10-16(15)22(24)25/h4-5,10-11H,6-9H2,1-3H3. The van der Waals surface area contributed by atoms with Crippen molar-refractivity contribution in [1.82, 2.24) is 15.0 Å². The van der Waals surface area contributed by atoms with Gasteiger partial charge in [-0.05, 0) is 32.9 Å². The Balaban J connectivity index is 1.73. The molecule has 1 aromatic heterocycles. The molecule has 9 heteroatoms. The van der Waals surface area contributed by atoms with Crippen molar-refractivity contribution in [2.24, 2.45) is 0 Å². The molecule has 3 rings (SSSR count). The number of carbonyl (C=O) groups excluding carboxylic acids is 1. The highest BCUT2D eigenvalue weighted by Gasteiger charge is 2.28. The topological polar surface area (TPSA) is 106 Å². The maximum atomic E-state index is 11.5. The van der Waals surface area contributed by atoms with Crippen LogP contribution in [0.3, 0.4) is 0 Å². The average molecular weight is 359 g/mol. The number of hydrogen-bond acceptors (Lipinski definition) is 8.